The van der Waals surface area contributed by atoms with Crippen LogP contribution in [0.5, 0.6) is 11.6 Å². The average Bonchev–Trinajstić information content (AvgIpc) is 2.90. The second-order valence-corrected chi connectivity index (χ2v) is 6.66. The highest BCUT2D eigenvalue weighted by Crippen LogP contribution is 2.35. The summed E-state index contributed by atoms with van der Waals surface area (Å²) in [4.78, 5) is 27.3. The Kier molecular flexibility index (Phi) is 5.83. The molecule has 3 N–H and O–H groups in total. The van der Waals surface area contributed by atoms with Gasteiger partial charge >= 0.3 is 5.92 Å². The van der Waals surface area contributed by atoms with Crippen LogP contribution in [-0.2, 0) is 9.53 Å². The molecule has 3 rings (SSSR count). The number of pyridine rings is 1. The van der Waals surface area contributed by atoms with E-state index in [9.17, 15) is 18.4 Å². The van der Waals surface area contributed by atoms with E-state index in [1.165, 1.54) is 20.4 Å². The normalized spacial score (nSPS) is 20.5. The van der Waals surface area contributed by atoms with E-state index < -0.39 is 29.7 Å². The van der Waals surface area contributed by atoms with Crippen molar-refractivity contribution in [2.45, 2.75) is 18.4 Å². The van der Waals surface area contributed by atoms with Gasteiger partial charge < -0.3 is 25.3 Å². The molecule has 2 heterocycles. The van der Waals surface area contributed by atoms with Gasteiger partial charge in [0.2, 0.25) is 5.88 Å². The minimum absolute atomic E-state index is 0.0350. The third kappa shape index (κ3) is 3.93. The maximum absolute atomic E-state index is 14.0. The molecule has 2 atom stereocenters. The van der Waals surface area contributed by atoms with E-state index in [4.69, 9.17) is 19.9 Å². The number of nitrogens with two attached hydrogens (primary N) is 1. The van der Waals surface area contributed by atoms with Gasteiger partial charge in [-0.25, -0.2) is 4.98 Å². The Morgan fingerprint density at radius 1 is 1.34 bits per heavy atom. The van der Waals surface area contributed by atoms with Crippen molar-refractivity contribution in [2.75, 3.05) is 27.4 Å². The van der Waals surface area contributed by atoms with Gasteiger partial charge in [0.1, 0.15) is 5.75 Å². The van der Waals surface area contributed by atoms with E-state index in [1.807, 2.05) is 0 Å². The standard InChI is InChI=1S/C19H21F2N3O5/c1-27-9-13-14(24-18(26)19(13,20)21)4-6-29-17-11-8-15(28-2)12(16(22)25)7-10(11)3-5-23-17/h3,5,7-8,13-14H,4,6,9H2,1-2H3,(H2,22,25)(H,24,26)/t13-,14+/m0/s1. The Balaban J connectivity index is 1.77. The molecule has 8 nitrogen and oxygen atoms in total. The summed E-state index contributed by atoms with van der Waals surface area (Å²) in [5.41, 5.74) is 5.59. The van der Waals surface area contributed by atoms with E-state index >= 15 is 0 Å². The van der Waals surface area contributed by atoms with E-state index in [1.54, 1.807) is 18.2 Å². The highest BCUT2D eigenvalue weighted by molar-refractivity contribution is 6.01. The van der Waals surface area contributed by atoms with Crippen molar-refractivity contribution in [3.63, 3.8) is 0 Å². The minimum atomic E-state index is -3.49. The number of rotatable bonds is 8. The fourth-order valence-corrected chi connectivity index (χ4v) is 3.39. The molecule has 1 aliphatic heterocycles. The molecule has 1 aliphatic rings. The Hall–Kier alpha value is -3.01. The summed E-state index contributed by atoms with van der Waals surface area (Å²) in [6, 6.07) is 4.04. The molecule has 0 unspecified atom stereocenters. The van der Waals surface area contributed by atoms with Crippen LogP contribution in [0.2, 0.25) is 0 Å². The fraction of sp³-hybridized carbons (Fsp3) is 0.421. The average molecular weight is 409 g/mol. The number of aromatic nitrogens is 1. The molecule has 156 valence electrons. The number of nitrogens with zero attached hydrogens (tertiary/aromatic N) is 1. The molecular weight excluding hydrogens is 388 g/mol. The van der Waals surface area contributed by atoms with E-state index in [2.05, 4.69) is 10.3 Å². The summed E-state index contributed by atoms with van der Waals surface area (Å²) in [6.07, 6.45) is 1.64. The molecule has 0 saturated carbocycles. The van der Waals surface area contributed by atoms with Crippen LogP contribution in [0.4, 0.5) is 8.78 Å². The molecule has 1 fully saturated rings. The Labute approximate surface area is 165 Å². The van der Waals surface area contributed by atoms with Crippen LogP contribution in [0.15, 0.2) is 24.4 Å². The Bertz CT molecular complexity index is 937. The number of benzene rings is 1. The van der Waals surface area contributed by atoms with Crippen molar-refractivity contribution in [3.05, 3.63) is 30.0 Å². The van der Waals surface area contributed by atoms with Gasteiger partial charge in [0.15, 0.2) is 0 Å². The summed E-state index contributed by atoms with van der Waals surface area (Å²) in [7, 11) is 2.71. The number of halogens is 2. The number of methoxy groups -OCH3 is 2. The number of hydrogen-bond acceptors (Lipinski definition) is 6. The number of fused-ring (bicyclic) bond motifs is 1. The SMILES string of the molecule is COC[C@H]1[C@@H](CCOc2nccc3cc(C(N)=O)c(OC)cc23)NC(=O)C1(F)F. The highest BCUT2D eigenvalue weighted by Gasteiger charge is 2.56. The zero-order valence-electron chi connectivity index (χ0n) is 15.9. The fourth-order valence-electron chi connectivity index (χ4n) is 3.39. The molecule has 0 aliphatic carbocycles. The smallest absolute Gasteiger partial charge is 0.331 e. The van der Waals surface area contributed by atoms with Gasteiger partial charge in [-0.1, -0.05) is 0 Å². The topological polar surface area (TPSA) is 113 Å². The number of carbonyl (C=O) groups excluding carboxylic acids is 2. The van der Waals surface area contributed by atoms with Gasteiger partial charge in [0.05, 0.1) is 31.8 Å². The number of alkyl halides is 2. The van der Waals surface area contributed by atoms with Crippen LogP contribution in [0.1, 0.15) is 16.8 Å². The van der Waals surface area contributed by atoms with Crippen molar-refractivity contribution in [2.24, 2.45) is 11.7 Å². The number of primary amides is 1. The zero-order valence-corrected chi connectivity index (χ0v) is 15.9. The molecule has 2 amide bonds. The summed E-state index contributed by atoms with van der Waals surface area (Å²) in [5, 5.41) is 3.53. The first kappa shape index (κ1) is 20.7. The first-order valence-electron chi connectivity index (χ1n) is 8.86. The molecule has 1 aromatic heterocycles. The maximum atomic E-state index is 14.0. The summed E-state index contributed by atoms with van der Waals surface area (Å²) in [6.45, 7) is -0.219. The first-order valence-corrected chi connectivity index (χ1v) is 8.86. The molecule has 29 heavy (non-hydrogen) atoms. The zero-order chi connectivity index (χ0) is 21.2. The quantitative estimate of drug-likeness (QED) is 0.683. The van der Waals surface area contributed by atoms with Gasteiger partial charge in [-0.05, 0) is 23.6 Å². The Morgan fingerprint density at radius 2 is 2.10 bits per heavy atom. The van der Waals surface area contributed by atoms with Gasteiger partial charge in [-0.15, -0.1) is 0 Å². The van der Waals surface area contributed by atoms with Crippen molar-refractivity contribution in [1.29, 1.82) is 0 Å². The lowest BCUT2D eigenvalue weighted by Crippen LogP contribution is -2.36. The summed E-state index contributed by atoms with van der Waals surface area (Å²) < 4.78 is 43.7. The molecule has 0 bridgehead atoms. The monoisotopic (exact) mass is 409 g/mol. The van der Waals surface area contributed by atoms with Gasteiger partial charge in [0, 0.05) is 31.2 Å². The molecular formula is C19H21F2N3O5. The van der Waals surface area contributed by atoms with Gasteiger partial charge in [-0.2, -0.15) is 8.78 Å². The predicted molar refractivity (Wildman–Crippen MR) is 99.2 cm³/mol. The van der Waals surface area contributed by atoms with Crippen molar-refractivity contribution in [3.8, 4) is 11.6 Å². The van der Waals surface area contributed by atoms with Crippen LogP contribution in [0, 0.1) is 5.92 Å². The highest BCUT2D eigenvalue weighted by atomic mass is 19.3. The third-order valence-electron chi connectivity index (χ3n) is 4.90. The molecule has 0 radical (unpaired) electrons. The van der Waals surface area contributed by atoms with E-state index in [0.717, 1.165) is 0 Å². The van der Waals surface area contributed by atoms with Crippen LogP contribution in [0.25, 0.3) is 10.8 Å². The van der Waals surface area contributed by atoms with E-state index in [0.29, 0.717) is 10.8 Å². The molecule has 10 heteroatoms. The van der Waals surface area contributed by atoms with E-state index in [-0.39, 0.29) is 36.8 Å². The summed E-state index contributed by atoms with van der Waals surface area (Å²) in [5.74, 6) is -6.19. The largest absolute Gasteiger partial charge is 0.496 e. The van der Waals surface area contributed by atoms with Crippen LogP contribution in [-0.4, -0.2) is 56.2 Å². The maximum Gasteiger partial charge on any atom is 0.331 e. The first-order chi connectivity index (χ1) is 13.8. The van der Waals surface area contributed by atoms with Gasteiger partial charge in [0.25, 0.3) is 11.8 Å². The number of carbonyl (C=O) groups is 2. The lowest BCUT2D eigenvalue weighted by Gasteiger charge is -2.21. The Morgan fingerprint density at radius 3 is 2.76 bits per heavy atom. The van der Waals surface area contributed by atoms with Crippen molar-refractivity contribution in [1.82, 2.24) is 10.3 Å². The number of nitrogens with one attached hydrogen (secondary N) is 1. The third-order valence-corrected chi connectivity index (χ3v) is 4.90. The number of amides is 2. The lowest BCUT2D eigenvalue weighted by atomic mass is 9.96. The molecule has 1 saturated heterocycles. The molecule has 1 aromatic carbocycles. The molecule has 2 aromatic rings. The summed E-state index contributed by atoms with van der Waals surface area (Å²) >= 11 is 0. The predicted octanol–water partition coefficient (Wildman–Crippen LogP) is 1.51. The van der Waals surface area contributed by atoms with Crippen LogP contribution in [0.3, 0.4) is 0 Å². The molecule has 0 spiro atoms. The van der Waals surface area contributed by atoms with Crippen LogP contribution >= 0.6 is 0 Å². The van der Waals surface area contributed by atoms with Gasteiger partial charge in [-0.3, -0.25) is 9.59 Å². The minimum Gasteiger partial charge on any atom is -0.496 e. The van der Waals surface area contributed by atoms with Crippen molar-refractivity contribution < 1.29 is 32.6 Å². The van der Waals surface area contributed by atoms with Crippen LogP contribution < -0.4 is 20.5 Å². The second-order valence-electron chi connectivity index (χ2n) is 6.66. The second kappa shape index (κ2) is 8.16. The number of hydrogen-bond donors (Lipinski definition) is 2. The lowest BCUT2D eigenvalue weighted by molar-refractivity contribution is -0.146. The number of ether oxygens (including phenoxy) is 3. The van der Waals surface area contributed by atoms with Crippen molar-refractivity contribution >= 4 is 22.6 Å².